The van der Waals surface area contributed by atoms with Gasteiger partial charge >= 0.3 is 0 Å². The molecule has 0 bridgehead atoms. The quantitative estimate of drug-likeness (QED) is 0.647. The van der Waals surface area contributed by atoms with Crippen molar-refractivity contribution < 1.29 is 0 Å². The molecule has 0 aliphatic rings. The van der Waals surface area contributed by atoms with Crippen molar-refractivity contribution in [1.29, 1.82) is 0 Å². The third kappa shape index (κ3) is 1.85. The van der Waals surface area contributed by atoms with Gasteiger partial charge in [-0.2, -0.15) is 5.10 Å². The van der Waals surface area contributed by atoms with Crippen molar-refractivity contribution in [3.8, 4) is 0 Å². The highest BCUT2D eigenvalue weighted by Crippen LogP contribution is 2.05. The molecule has 0 radical (unpaired) electrons. The highest BCUT2D eigenvalue weighted by molar-refractivity contribution is 5.76. The lowest BCUT2D eigenvalue weighted by molar-refractivity contribution is 1.09. The van der Waals surface area contributed by atoms with Crippen molar-refractivity contribution >= 4 is 10.9 Å². The van der Waals surface area contributed by atoms with Gasteiger partial charge in [0, 0.05) is 6.20 Å². The van der Waals surface area contributed by atoms with Gasteiger partial charge in [0.15, 0.2) is 0 Å². The van der Waals surface area contributed by atoms with Gasteiger partial charge in [-0.15, -0.1) is 0 Å². The molecule has 1 N–H and O–H groups in total. The molecule has 0 aliphatic carbocycles. The number of H-pyrrole nitrogens is 1. The molecule has 0 saturated carbocycles. The minimum absolute atomic E-state index is 1.03. The van der Waals surface area contributed by atoms with E-state index < -0.39 is 0 Å². The molecule has 0 fully saturated rings. The Balaban J connectivity index is 2.82. The van der Waals surface area contributed by atoms with Crippen molar-refractivity contribution in [3.63, 3.8) is 0 Å². The minimum atomic E-state index is 1.03. The smallest absolute Gasteiger partial charge is 0.0634 e. The summed E-state index contributed by atoms with van der Waals surface area (Å²) in [5.74, 6) is 0. The Morgan fingerprint density at radius 3 is 2.54 bits per heavy atom. The molecule has 2 rings (SSSR count). The first-order chi connectivity index (χ1) is 6.47. The highest BCUT2D eigenvalue weighted by Gasteiger charge is 1.84. The van der Waals surface area contributed by atoms with Gasteiger partial charge in [0.05, 0.1) is 5.52 Å². The maximum Gasteiger partial charge on any atom is 0.0634 e. The Morgan fingerprint density at radius 2 is 1.62 bits per heavy atom. The van der Waals surface area contributed by atoms with Gasteiger partial charge in [-0.3, -0.25) is 5.10 Å². The van der Waals surface area contributed by atoms with Crippen LogP contribution < -0.4 is 0 Å². The fraction of sp³-hybridized carbons (Fsp3) is 0. The largest absolute Gasteiger partial charge is 0.278 e. The number of para-hydroxylation sites is 1. The fourth-order valence-electron chi connectivity index (χ4n) is 1.17. The lowest BCUT2D eigenvalue weighted by Crippen LogP contribution is -1.74. The van der Waals surface area contributed by atoms with Gasteiger partial charge in [0.25, 0.3) is 0 Å². The van der Waals surface area contributed by atoms with E-state index in [1.165, 1.54) is 0 Å². The first-order valence-electron chi connectivity index (χ1n) is 4.18. The molecule has 0 unspecified atom stereocenters. The predicted molar refractivity (Wildman–Crippen MR) is 53.7 cm³/mol. The van der Waals surface area contributed by atoms with E-state index in [1.54, 1.807) is 6.20 Å². The molecular formula is C11H10N2. The Morgan fingerprint density at radius 1 is 0.846 bits per heavy atom. The van der Waals surface area contributed by atoms with Crippen LogP contribution in [0.1, 0.15) is 0 Å². The third-order valence-electron chi connectivity index (χ3n) is 1.80. The third-order valence-corrected chi connectivity index (χ3v) is 1.80. The summed E-state index contributed by atoms with van der Waals surface area (Å²) in [6.45, 7) is 0. The van der Waals surface area contributed by atoms with E-state index in [0.29, 0.717) is 0 Å². The standard InChI is InChI=1S/C11H10N2/c1-2-6-10-7-3-4-8-11(10)13-12-9-5-1/h1-9,13H. The molecule has 0 saturated heterocycles. The number of nitrogens with one attached hydrogen (secondary N) is 1. The summed E-state index contributed by atoms with van der Waals surface area (Å²) in [5.41, 5.74) is 1.03. The van der Waals surface area contributed by atoms with Gasteiger partial charge < -0.3 is 0 Å². The zero-order valence-corrected chi connectivity index (χ0v) is 7.14. The molecule has 1 heterocycles. The molecule has 2 aromatic rings. The average Bonchev–Trinajstić information content (AvgIpc) is 2.28. The molecule has 13 heavy (non-hydrogen) atoms. The van der Waals surface area contributed by atoms with Crippen molar-refractivity contribution in [2.75, 3.05) is 0 Å². The monoisotopic (exact) mass is 170 g/mol. The number of benzene rings is 1. The van der Waals surface area contributed by atoms with E-state index in [1.807, 2.05) is 48.5 Å². The SMILES string of the molecule is c1ccn[nH]c2ccccc2cc1. The first kappa shape index (κ1) is 7.80. The summed E-state index contributed by atoms with van der Waals surface area (Å²) in [5, 5.41) is 8.15. The Labute approximate surface area is 76.6 Å². The van der Waals surface area contributed by atoms with Crippen LogP contribution in [0.4, 0.5) is 0 Å². The van der Waals surface area contributed by atoms with E-state index in [-0.39, 0.29) is 0 Å². The Hall–Kier alpha value is -1.83. The molecule has 0 aliphatic heterocycles. The van der Waals surface area contributed by atoms with Crippen molar-refractivity contribution in [2.24, 2.45) is 0 Å². The Kier molecular flexibility index (Phi) is 2.23. The summed E-state index contributed by atoms with van der Waals surface area (Å²) in [7, 11) is 0. The van der Waals surface area contributed by atoms with Crippen LogP contribution in [0.2, 0.25) is 0 Å². The number of hydrogen-bond acceptors (Lipinski definition) is 1. The summed E-state index contributed by atoms with van der Waals surface area (Å²) in [6, 6.07) is 15.9. The first-order valence-corrected chi connectivity index (χ1v) is 4.18. The van der Waals surface area contributed by atoms with Crippen LogP contribution in [-0.4, -0.2) is 10.2 Å². The second-order valence-corrected chi connectivity index (χ2v) is 2.72. The summed E-state index contributed by atoms with van der Waals surface area (Å²) < 4.78 is 0. The number of nitrogens with zero attached hydrogens (tertiary/aromatic N) is 1. The van der Waals surface area contributed by atoms with Gasteiger partial charge in [-0.25, -0.2) is 0 Å². The van der Waals surface area contributed by atoms with Crippen LogP contribution >= 0.6 is 0 Å². The molecular weight excluding hydrogens is 160 g/mol. The van der Waals surface area contributed by atoms with Gasteiger partial charge in [-0.05, 0) is 17.5 Å². The van der Waals surface area contributed by atoms with Crippen LogP contribution in [-0.2, 0) is 0 Å². The van der Waals surface area contributed by atoms with Gasteiger partial charge in [-0.1, -0.05) is 36.4 Å². The number of aromatic amines is 1. The number of fused-ring (bicyclic) bond motifs is 1. The second-order valence-electron chi connectivity index (χ2n) is 2.72. The van der Waals surface area contributed by atoms with Crippen LogP contribution in [0.3, 0.4) is 0 Å². The van der Waals surface area contributed by atoms with Crippen molar-refractivity contribution in [1.82, 2.24) is 10.2 Å². The van der Waals surface area contributed by atoms with E-state index in [9.17, 15) is 0 Å². The van der Waals surface area contributed by atoms with Gasteiger partial charge in [0.1, 0.15) is 0 Å². The predicted octanol–water partition coefficient (Wildman–Crippen LogP) is 2.69. The lowest BCUT2D eigenvalue weighted by Gasteiger charge is -1.89. The molecule has 1 aromatic heterocycles. The minimum Gasteiger partial charge on any atom is -0.278 e. The molecule has 64 valence electrons. The van der Waals surface area contributed by atoms with Crippen LogP contribution in [0.5, 0.6) is 0 Å². The molecule has 1 aromatic carbocycles. The van der Waals surface area contributed by atoms with Crippen molar-refractivity contribution in [2.45, 2.75) is 0 Å². The normalized spacial score (nSPS) is 9.54. The average molecular weight is 170 g/mol. The molecule has 2 heteroatoms. The number of rotatable bonds is 0. The summed E-state index contributed by atoms with van der Waals surface area (Å²) in [4.78, 5) is 0. The Bertz CT molecular complexity index is 404. The topological polar surface area (TPSA) is 28.7 Å². The zero-order chi connectivity index (χ0) is 8.93. The maximum absolute atomic E-state index is 4.03. The van der Waals surface area contributed by atoms with E-state index in [0.717, 1.165) is 10.9 Å². The molecule has 0 spiro atoms. The number of aromatic nitrogens is 2. The van der Waals surface area contributed by atoms with E-state index in [2.05, 4.69) is 10.2 Å². The second kappa shape index (κ2) is 3.72. The fourth-order valence-corrected chi connectivity index (χ4v) is 1.17. The summed E-state index contributed by atoms with van der Waals surface area (Å²) in [6.07, 6.45) is 1.73. The van der Waals surface area contributed by atoms with E-state index in [4.69, 9.17) is 0 Å². The molecule has 2 nitrogen and oxygen atoms in total. The lowest BCUT2D eigenvalue weighted by atomic mass is 10.2. The van der Waals surface area contributed by atoms with Crippen LogP contribution in [0.15, 0.2) is 54.7 Å². The zero-order valence-electron chi connectivity index (χ0n) is 7.14. The molecule has 0 atom stereocenters. The van der Waals surface area contributed by atoms with Crippen LogP contribution in [0, 0.1) is 0 Å². The van der Waals surface area contributed by atoms with Gasteiger partial charge in [0.2, 0.25) is 0 Å². The summed E-state index contributed by atoms with van der Waals surface area (Å²) >= 11 is 0. The molecule has 0 amide bonds. The van der Waals surface area contributed by atoms with Crippen LogP contribution in [0.25, 0.3) is 10.9 Å². The highest BCUT2D eigenvalue weighted by atomic mass is 15.1. The van der Waals surface area contributed by atoms with Crippen molar-refractivity contribution in [3.05, 3.63) is 54.7 Å². The maximum atomic E-state index is 4.03. The number of hydrogen-bond donors (Lipinski definition) is 1. The van der Waals surface area contributed by atoms with E-state index >= 15 is 0 Å².